The predicted octanol–water partition coefficient (Wildman–Crippen LogP) is 2.15. The minimum Gasteiger partial charge on any atom is -0.494 e. The molecule has 38 heavy (non-hydrogen) atoms. The van der Waals surface area contributed by atoms with Gasteiger partial charge in [-0.05, 0) is 44.5 Å². The first-order valence-corrected chi connectivity index (χ1v) is 13.7. The Morgan fingerprint density at radius 1 is 1.08 bits per heavy atom. The van der Waals surface area contributed by atoms with Crippen molar-refractivity contribution < 1.29 is 29.0 Å². The quantitative estimate of drug-likeness (QED) is 0.525. The lowest BCUT2D eigenvalue weighted by atomic mass is 9.77. The van der Waals surface area contributed by atoms with E-state index >= 15 is 0 Å². The second-order valence-corrected chi connectivity index (χ2v) is 10.5. The molecule has 2 saturated heterocycles. The van der Waals surface area contributed by atoms with Gasteiger partial charge in [-0.15, -0.1) is 0 Å². The largest absolute Gasteiger partial charge is 0.494 e. The molecule has 0 aromatic heterocycles. The van der Waals surface area contributed by atoms with Crippen molar-refractivity contribution in [1.82, 2.24) is 9.80 Å². The van der Waals surface area contributed by atoms with Crippen molar-refractivity contribution in [3.05, 3.63) is 48.6 Å². The van der Waals surface area contributed by atoms with Gasteiger partial charge in [0.2, 0.25) is 17.7 Å². The third kappa shape index (κ3) is 4.12. The molecule has 1 aromatic carbocycles. The number of unbranched alkanes of at least 4 members (excludes halogenated alkanes) is 1. The number of nitrogens with zero attached hydrogens (tertiary/aromatic N) is 3. The van der Waals surface area contributed by atoms with Gasteiger partial charge in [-0.3, -0.25) is 14.4 Å². The lowest BCUT2D eigenvalue weighted by Gasteiger charge is -2.37. The minimum atomic E-state index is -1.28. The van der Waals surface area contributed by atoms with Crippen LogP contribution < -0.4 is 9.64 Å². The van der Waals surface area contributed by atoms with Crippen molar-refractivity contribution in [3.8, 4) is 5.75 Å². The van der Waals surface area contributed by atoms with Crippen LogP contribution in [-0.2, 0) is 19.1 Å². The van der Waals surface area contributed by atoms with Crippen LogP contribution in [0.4, 0.5) is 5.69 Å². The van der Waals surface area contributed by atoms with E-state index in [0.29, 0.717) is 37.7 Å². The van der Waals surface area contributed by atoms with E-state index in [0.717, 1.165) is 12.8 Å². The second-order valence-electron chi connectivity index (χ2n) is 10.5. The van der Waals surface area contributed by atoms with E-state index in [-0.39, 0.29) is 24.3 Å². The number of aliphatic hydroxyl groups excluding tert-OH is 1. The van der Waals surface area contributed by atoms with Crippen LogP contribution in [-0.4, -0.2) is 89.3 Å². The van der Waals surface area contributed by atoms with Crippen LogP contribution in [0.1, 0.15) is 33.6 Å². The number of ether oxygens (including phenoxy) is 2. The summed E-state index contributed by atoms with van der Waals surface area (Å²) < 4.78 is 12.2. The number of amides is 3. The number of hydrogen-bond acceptors (Lipinski definition) is 6. The first-order chi connectivity index (χ1) is 18.4. The number of carbonyl (C=O) groups excluding carboxylic acids is 3. The average Bonchev–Trinajstić information content (AvgIpc) is 3.24. The second kappa shape index (κ2) is 10.5. The van der Waals surface area contributed by atoms with Crippen molar-refractivity contribution in [2.24, 2.45) is 11.8 Å². The molecule has 9 heteroatoms. The molecule has 4 heterocycles. The SMILES string of the molecule is CCCCN1CC=C[C@]23O[C@@H]4C=CCN(c5ccc(OCC)cc5)C(=O)[C@@H]4[C@H]2C(=O)N([C@H](C)CO)C3C1=O. The lowest BCUT2D eigenvalue weighted by Crippen LogP contribution is -2.57. The Morgan fingerprint density at radius 2 is 1.84 bits per heavy atom. The molecular weight excluding hydrogens is 486 g/mol. The van der Waals surface area contributed by atoms with Gasteiger partial charge in [0.25, 0.3) is 0 Å². The number of rotatable bonds is 8. The van der Waals surface area contributed by atoms with E-state index in [9.17, 15) is 19.5 Å². The van der Waals surface area contributed by atoms with E-state index in [1.165, 1.54) is 4.90 Å². The number of benzene rings is 1. The van der Waals surface area contributed by atoms with E-state index in [1.54, 1.807) is 16.7 Å². The molecule has 1 N–H and O–H groups in total. The van der Waals surface area contributed by atoms with Crippen LogP contribution in [0.15, 0.2) is 48.6 Å². The molecular formula is C29H37N3O6. The number of anilines is 1. The molecule has 0 bridgehead atoms. The molecule has 1 spiro atoms. The van der Waals surface area contributed by atoms with Gasteiger partial charge in [0.15, 0.2) is 0 Å². The maximum atomic E-state index is 14.2. The topological polar surface area (TPSA) is 99.6 Å². The minimum absolute atomic E-state index is 0.198. The lowest BCUT2D eigenvalue weighted by molar-refractivity contribution is -0.149. The smallest absolute Gasteiger partial charge is 0.249 e. The van der Waals surface area contributed by atoms with Gasteiger partial charge in [0.05, 0.1) is 37.2 Å². The fourth-order valence-corrected chi connectivity index (χ4v) is 6.36. The highest BCUT2D eigenvalue weighted by Crippen LogP contribution is 2.54. The highest BCUT2D eigenvalue weighted by Gasteiger charge is 2.72. The van der Waals surface area contributed by atoms with E-state index in [4.69, 9.17) is 9.47 Å². The molecule has 6 atom stereocenters. The summed E-state index contributed by atoms with van der Waals surface area (Å²) in [6, 6.07) is 5.78. The summed E-state index contributed by atoms with van der Waals surface area (Å²) in [7, 11) is 0. The number of aliphatic hydroxyl groups is 1. The van der Waals surface area contributed by atoms with Crippen molar-refractivity contribution >= 4 is 23.4 Å². The Morgan fingerprint density at radius 3 is 2.53 bits per heavy atom. The Hall–Kier alpha value is -3.17. The molecule has 0 radical (unpaired) electrons. The van der Waals surface area contributed by atoms with E-state index < -0.39 is 35.6 Å². The summed E-state index contributed by atoms with van der Waals surface area (Å²) in [6.45, 7) is 7.29. The van der Waals surface area contributed by atoms with Crippen molar-refractivity contribution in [2.75, 3.05) is 37.7 Å². The third-order valence-corrected chi connectivity index (χ3v) is 8.16. The zero-order valence-corrected chi connectivity index (χ0v) is 22.3. The summed E-state index contributed by atoms with van der Waals surface area (Å²) in [5.41, 5.74) is -0.582. The first kappa shape index (κ1) is 26.4. The van der Waals surface area contributed by atoms with Gasteiger partial charge in [-0.1, -0.05) is 37.6 Å². The average molecular weight is 524 g/mol. The maximum absolute atomic E-state index is 14.2. The van der Waals surface area contributed by atoms with Crippen LogP contribution in [0.2, 0.25) is 0 Å². The molecule has 1 unspecified atom stereocenters. The van der Waals surface area contributed by atoms with Crippen LogP contribution in [0.5, 0.6) is 5.75 Å². The molecule has 0 aliphatic carbocycles. The van der Waals surface area contributed by atoms with Gasteiger partial charge in [0.1, 0.15) is 17.4 Å². The molecule has 204 valence electrons. The van der Waals surface area contributed by atoms with Crippen molar-refractivity contribution in [3.63, 3.8) is 0 Å². The molecule has 3 amide bonds. The fraction of sp³-hybridized carbons (Fsp3) is 0.552. The molecule has 2 fully saturated rings. The summed E-state index contributed by atoms with van der Waals surface area (Å²) >= 11 is 0. The Bertz CT molecular complexity index is 1130. The monoisotopic (exact) mass is 523 g/mol. The summed E-state index contributed by atoms with van der Waals surface area (Å²) in [6.07, 6.45) is 8.61. The summed E-state index contributed by atoms with van der Waals surface area (Å²) in [5.74, 6) is -1.70. The molecule has 1 aromatic rings. The highest BCUT2D eigenvalue weighted by molar-refractivity contribution is 6.04. The van der Waals surface area contributed by atoms with Gasteiger partial charge in [-0.2, -0.15) is 0 Å². The molecule has 5 rings (SSSR count). The molecule has 9 nitrogen and oxygen atoms in total. The number of carbonyl (C=O) groups is 3. The standard InChI is InChI=1S/C29H37N3O6/c1-4-6-15-30-16-8-14-29-24(27(35)32(19(3)18-33)25(29)28(30)36)23-22(38-29)9-7-17-31(26(23)34)20-10-12-21(13-11-20)37-5-2/h7-14,19,22-25,33H,4-6,15-18H2,1-3H3/t19-,22-,23+,24+,25?,29+/m1/s1. The number of hydrogen-bond donors (Lipinski definition) is 1. The zero-order valence-electron chi connectivity index (χ0n) is 22.3. The van der Waals surface area contributed by atoms with E-state index in [1.807, 2.05) is 55.5 Å². The number of likely N-dealkylation sites (tertiary alicyclic amines) is 1. The van der Waals surface area contributed by atoms with Gasteiger partial charge >= 0.3 is 0 Å². The first-order valence-electron chi connectivity index (χ1n) is 13.7. The van der Waals surface area contributed by atoms with Gasteiger partial charge in [0, 0.05) is 25.3 Å². The van der Waals surface area contributed by atoms with Crippen LogP contribution in [0.25, 0.3) is 0 Å². The summed E-state index contributed by atoms with van der Waals surface area (Å²) in [5, 5.41) is 10.0. The maximum Gasteiger partial charge on any atom is 0.249 e. The van der Waals surface area contributed by atoms with Gasteiger partial charge < -0.3 is 29.3 Å². The van der Waals surface area contributed by atoms with Crippen LogP contribution >= 0.6 is 0 Å². The van der Waals surface area contributed by atoms with E-state index in [2.05, 4.69) is 6.92 Å². The molecule has 4 aliphatic rings. The zero-order chi connectivity index (χ0) is 27.0. The fourth-order valence-electron chi connectivity index (χ4n) is 6.36. The van der Waals surface area contributed by atoms with Gasteiger partial charge in [-0.25, -0.2) is 0 Å². The Kier molecular flexibility index (Phi) is 7.33. The Balaban J connectivity index is 1.54. The Labute approximate surface area is 223 Å². The highest BCUT2D eigenvalue weighted by atomic mass is 16.5. The van der Waals surface area contributed by atoms with Crippen LogP contribution in [0, 0.1) is 11.8 Å². The number of fused-ring (bicyclic) bond motifs is 2. The molecule has 0 saturated carbocycles. The summed E-state index contributed by atoms with van der Waals surface area (Å²) in [4.78, 5) is 47.1. The van der Waals surface area contributed by atoms with Crippen molar-refractivity contribution in [2.45, 2.75) is 57.4 Å². The predicted molar refractivity (Wildman–Crippen MR) is 141 cm³/mol. The normalized spacial score (nSPS) is 31.2. The third-order valence-electron chi connectivity index (χ3n) is 8.16. The van der Waals surface area contributed by atoms with Crippen LogP contribution in [0.3, 0.4) is 0 Å². The van der Waals surface area contributed by atoms with Crippen molar-refractivity contribution in [1.29, 1.82) is 0 Å². The molecule has 4 aliphatic heterocycles.